The number of hydrogen-bond donors (Lipinski definition) is 1. The van der Waals surface area contributed by atoms with Gasteiger partial charge in [-0.05, 0) is 29.7 Å². The van der Waals surface area contributed by atoms with Crippen molar-refractivity contribution in [1.29, 1.82) is 0 Å². The van der Waals surface area contributed by atoms with Crippen molar-refractivity contribution in [3.8, 4) is 0 Å². The van der Waals surface area contributed by atoms with Gasteiger partial charge in [0, 0.05) is 0 Å². The second-order valence-corrected chi connectivity index (χ2v) is 6.81. The SMILES string of the molecule is CC(C)C(C(=O)O)N1C(=O)/C(=C/c2ccc(F)cc2)SC1=S. The molecule has 1 N–H and O–H groups in total. The zero-order valence-corrected chi connectivity index (χ0v) is 13.6. The molecule has 1 amide bonds. The molecule has 7 heteroatoms. The fourth-order valence-corrected chi connectivity index (χ4v) is 3.45. The van der Waals surface area contributed by atoms with Crippen LogP contribution in [-0.4, -0.2) is 32.2 Å². The highest BCUT2D eigenvalue weighted by Gasteiger charge is 2.41. The minimum Gasteiger partial charge on any atom is -0.480 e. The van der Waals surface area contributed by atoms with Gasteiger partial charge in [0.1, 0.15) is 16.2 Å². The van der Waals surface area contributed by atoms with E-state index in [0.717, 1.165) is 16.7 Å². The van der Waals surface area contributed by atoms with Crippen molar-refractivity contribution in [2.24, 2.45) is 5.92 Å². The minimum atomic E-state index is -1.09. The van der Waals surface area contributed by atoms with Crippen LogP contribution < -0.4 is 0 Å². The van der Waals surface area contributed by atoms with Crippen LogP contribution in [0.1, 0.15) is 19.4 Å². The molecule has 22 heavy (non-hydrogen) atoms. The van der Waals surface area contributed by atoms with Gasteiger partial charge in [0.05, 0.1) is 4.91 Å². The van der Waals surface area contributed by atoms with Crippen molar-refractivity contribution >= 4 is 46.3 Å². The third-order valence-electron chi connectivity index (χ3n) is 3.15. The van der Waals surface area contributed by atoms with E-state index in [1.54, 1.807) is 32.1 Å². The summed E-state index contributed by atoms with van der Waals surface area (Å²) < 4.78 is 13.1. The fourth-order valence-electron chi connectivity index (χ4n) is 2.12. The molecule has 0 saturated carbocycles. The summed E-state index contributed by atoms with van der Waals surface area (Å²) >= 11 is 6.21. The van der Waals surface area contributed by atoms with Crippen LogP contribution in [0.5, 0.6) is 0 Å². The highest BCUT2D eigenvalue weighted by atomic mass is 32.2. The lowest BCUT2D eigenvalue weighted by atomic mass is 10.0. The van der Waals surface area contributed by atoms with Crippen LogP contribution in [-0.2, 0) is 9.59 Å². The normalized spacial score (nSPS) is 18.4. The number of thioether (sulfide) groups is 1. The summed E-state index contributed by atoms with van der Waals surface area (Å²) in [4.78, 5) is 25.3. The summed E-state index contributed by atoms with van der Waals surface area (Å²) in [5, 5.41) is 9.32. The standard InChI is InChI=1S/C15H14FNO3S2/c1-8(2)12(14(19)20)17-13(18)11(22-15(17)21)7-9-3-5-10(16)6-4-9/h3-8,12H,1-2H3,(H,19,20)/b11-7-. The van der Waals surface area contributed by atoms with Crippen molar-refractivity contribution in [2.45, 2.75) is 19.9 Å². The van der Waals surface area contributed by atoms with Crippen molar-refractivity contribution in [1.82, 2.24) is 4.90 Å². The number of amides is 1. The van der Waals surface area contributed by atoms with Crippen LogP contribution in [0.2, 0.25) is 0 Å². The Labute approximate surface area is 137 Å². The predicted octanol–water partition coefficient (Wildman–Crippen LogP) is 3.14. The number of thiocarbonyl (C=S) groups is 1. The molecular weight excluding hydrogens is 325 g/mol. The Kier molecular flexibility index (Phi) is 4.97. The lowest BCUT2D eigenvalue weighted by molar-refractivity contribution is -0.146. The van der Waals surface area contributed by atoms with Gasteiger partial charge in [-0.25, -0.2) is 9.18 Å². The van der Waals surface area contributed by atoms with Gasteiger partial charge >= 0.3 is 5.97 Å². The second-order valence-electron chi connectivity index (χ2n) is 5.13. The molecule has 1 saturated heterocycles. The van der Waals surface area contributed by atoms with Crippen LogP contribution in [0.3, 0.4) is 0 Å². The first kappa shape index (κ1) is 16.6. The summed E-state index contributed by atoms with van der Waals surface area (Å²) in [6, 6.07) is 4.67. The molecule has 116 valence electrons. The van der Waals surface area contributed by atoms with Gasteiger partial charge in [-0.15, -0.1) is 0 Å². The molecule has 1 aliphatic rings. The van der Waals surface area contributed by atoms with Gasteiger partial charge in [0.2, 0.25) is 0 Å². The molecule has 0 aliphatic carbocycles. The van der Waals surface area contributed by atoms with Crippen LogP contribution in [0, 0.1) is 11.7 Å². The lowest BCUT2D eigenvalue weighted by Gasteiger charge is -2.26. The highest BCUT2D eigenvalue weighted by Crippen LogP contribution is 2.35. The Balaban J connectivity index is 2.32. The van der Waals surface area contributed by atoms with E-state index in [0.29, 0.717) is 10.5 Å². The minimum absolute atomic E-state index is 0.222. The van der Waals surface area contributed by atoms with Gasteiger partial charge in [0.25, 0.3) is 5.91 Å². The van der Waals surface area contributed by atoms with Crippen molar-refractivity contribution in [3.63, 3.8) is 0 Å². The maximum Gasteiger partial charge on any atom is 0.327 e. The number of carboxylic acids is 1. The average molecular weight is 339 g/mol. The zero-order valence-electron chi connectivity index (χ0n) is 11.9. The van der Waals surface area contributed by atoms with E-state index in [1.165, 1.54) is 12.1 Å². The van der Waals surface area contributed by atoms with E-state index in [9.17, 15) is 19.1 Å². The summed E-state index contributed by atoms with van der Waals surface area (Å²) in [5.74, 6) is -2.16. The van der Waals surface area contributed by atoms with Crippen LogP contribution in [0.25, 0.3) is 6.08 Å². The van der Waals surface area contributed by atoms with E-state index in [4.69, 9.17) is 12.2 Å². The smallest absolute Gasteiger partial charge is 0.327 e. The summed E-state index contributed by atoms with van der Waals surface area (Å²) in [5.41, 5.74) is 0.651. The van der Waals surface area contributed by atoms with Crippen LogP contribution in [0.4, 0.5) is 4.39 Å². The molecule has 0 bridgehead atoms. The summed E-state index contributed by atoms with van der Waals surface area (Å²) in [6.07, 6.45) is 1.58. The first-order valence-electron chi connectivity index (χ1n) is 6.56. The molecule has 2 rings (SSSR count). The third-order valence-corrected chi connectivity index (χ3v) is 4.48. The van der Waals surface area contributed by atoms with Crippen molar-refractivity contribution in [3.05, 3.63) is 40.6 Å². The molecule has 0 radical (unpaired) electrons. The number of carbonyl (C=O) groups excluding carboxylic acids is 1. The van der Waals surface area contributed by atoms with Gasteiger partial charge in [-0.2, -0.15) is 0 Å². The monoisotopic (exact) mass is 339 g/mol. The molecule has 1 heterocycles. The Morgan fingerprint density at radius 3 is 2.45 bits per heavy atom. The zero-order chi connectivity index (χ0) is 16.4. The van der Waals surface area contributed by atoms with Crippen molar-refractivity contribution < 1.29 is 19.1 Å². The maximum atomic E-state index is 12.9. The van der Waals surface area contributed by atoms with Gasteiger partial charge in [-0.1, -0.05) is 50.0 Å². The van der Waals surface area contributed by atoms with Gasteiger partial charge in [0.15, 0.2) is 0 Å². The van der Waals surface area contributed by atoms with Crippen LogP contribution >= 0.6 is 24.0 Å². The first-order chi connectivity index (χ1) is 10.3. The van der Waals surface area contributed by atoms with E-state index < -0.39 is 17.9 Å². The number of rotatable bonds is 4. The number of carbonyl (C=O) groups is 2. The molecule has 1 atom stereocenters. The van der Waals surface area contributed by atoms with Crippen molar-refractivity contribution in [2.75, 3.05) is 0 Å². The Morgan fingerprint density at radius 2 is 1.95 bits per heavy atom. The lowest BCUT2D eigenvalue weighted by Crippen LogP contribution is -2.47. The number of aliphatic carboxylic acids is 1. The fraction of sp³-hybridized carbons (Fsp3) is 0.267. The van der Waals surface area contributed by atoms with Gasteiger partial charge < -0.3 is 5.11 Å². The van der Waals surface area contributed by atoms with E-state index >= 15 is 0 Å². The number of carboxylic acid groups (broad SMARTS) is 1. The molecule has 1 fully saturated rings. The maximum absolute atomic E-state index is 12.9. The Morgan fingerprint density at radius 1 is 1.36 bits per heavy atom. The molecular formula is C15H14FNO3S2. The molecule has 1 aromatic rings. The molecule has 4 nitrogen and oxygen atoms in total. The largest absolute Gasteiger partial charge is 0.480 e. The highest BCUT2D eigenvalue weighted by molar-refractivity contribution is 8.26. The van der Waals surface area contributed by atoms with Gasteiger partial charge in [-0.3, -0.25) is 9.69 Å². The first-order valence-corrected chi connectivity index (χ1v) is 7.79. The number of halogens is 1. The predicted molar refractivity (Wildman–Crippen MR) is 87.7 cm³/mol. The number of hydrogen-bond acceptors (Lipinski definition) is 4. The second kappa shape index (κ2) is 6.58. The quantitative estimate of drug-likeness (QED) is 0.675. The molecule has 1 aliphatic heterocycles. The summed E-state index contributed by atoms with van der Waals surface area (Å²) in [7, 11) is 0. The Bertz CT molecular complexity index is 655. The molecule has 1 unspecified atom stereocenters. The van der Waals surface area contributed by atoms with Crippen LogP contribution in [0.15, 0.2) is 29.2 Å². The van der Waals surface area contributed by atoms with E-state index in [1.807, 2.05) is 0 Å². The number of benzene rings is 1. The van der Waals surface area contributed by atoms with E-state index in [-0.39, 0.29) is 16.1 Å². The topological polar surface area (TPSA) is 57.6 Å². The molecule has 1 aromatic carbocycles. The van der Waals surface area contributed by atoms with E-state index in [2.05, 4.69) is 0 Å². The Hall–Kier alpha value is -1.73. The molecule has 0 aromatic heterocycles. The average Bonchev–Trinajstić information content (AvgIpc) is 2.69. The third kappa shape index (κ3) is 3.36. The summed E-state index contributed by atoms with van der Waals surface area (Å²) in [6.45, 7) is 3.45. The molecule has 0 spiro atoms. The number of nitrogens with zero attached hydrogens (tertiary/aromatic N) is 1.